The molecule has 1 aromatic carbocycles. The summed E-state index contributed by atoms with van der Waals surface area (Å²) >= 11 is 0. The van der Waals surface area contributed by atoms with Crippen molar-refractivity contribution in [2.75, 3.05) is 19.7 Å². The fraction of sp³-hybridized carbons (Fsp3) is 0.500. The molecular weight excluding hydrogens is 304 g/mol. The van der Waals surface area contributed by atoms with Crippen molar-refractivity contribution in [3.05, 3.63) is 35.1 Å². The number of rotatable bonds is 2. The predicted octanol–water partition coefficient (Wildman–Crippen LogP) is 2.03. The van der Waals surface area contributed by atoms with Crippen LogP contribution >= 0.6 is 0 Å². The van der Waals surface area contributed by atoms with Crippen molar-refractivity contribution in [1.82, 2.24) is 4.90 Å². The Morgan fingerprint density at radius 2 is 2.14 bits per heavy atom. The molecule has 8 heteroatoms. The molecule has 1 amide bonds. The highest BCUT2D eigenvalue weighted by molar-refractivity contribution is 5.94. The van der Waals surface area contributed by atoms with Crippen LogP contribution in [0.2, 0.25) is 0 Å². The average Bonchev–Trinajstić information content (AvgIpc) is 2.45. The SMILES string of the molecule is C[C@H](N)[C@H]1CN(C(=O)c2cccc(C(F)(F)F)c2F)CCO1. The van der Waals surface area contributed by atoms with Gasteiger partial charge in [-0.3, -0.25) is 4.79 Å². The number of nitrogens with zero attached hydrogens (tertiary/aromatic N) is 1. The van der Waals surface area contributed by atoms with Gasteiger partial charge in [0.15, 0.2) is 0 Å². The van der Waals surface area contributed by atoms with Gasteiger partial charge >= 0.3 is 6.18 Å². The first-order valence-corrected chi connectivity index (χ1v) is 6.74. The molecular formula is C14H16F4N2O2. The molecule has 0 aromatic heterocycles. The summed E-state index contributed by atoms with van der Waals surface area (Å²) < 4.78 is 57.5. The Kier molecular flexibility index (Phi) is 4.72. The Hall–Kier alpha value is -1.67. The van der Waals surface area contributed by atoms with Gasteiger partial charge in [0.25, 0.3) is 5.91 Å². The van der Waals surface area contributed by atoms with E-state index in [4.69, 9.17) is 10.5 Å². The van der Waals surface area contributed by atoms with Crippen molar-refractivity contribution in [3.63, 3.8) is 0 Å². The van der Waals surface area contributed by atoms with Gasteiger partial charge in [-0.05, 0) is 19.1 Å². The quantitative estimate of drug-likeness (QED) is 0.849. The van der Waals surface area contributed by atoms with Gasteiger partial charge in [0, 0.05) is 19.1 Å². The number of hydrogen-bond acceptors (Lipinski definition) is 3. The maximum atomic E-state index is 14.0. The minimum absolute atomic E-state index is 0.117. The zero-order valence-electron chi connectivity index (χ0n) is 11.9. The number of ether oxygens (including phenoxy) is 1. The summed E-state index contributed by atoms with van der Waals surface area (Å²) in [6, 6.07) is 2.32. The van der Waals surface area contributed by atoms with E-state index in [-0.39, 0.29) is 25.7 Å². The summed E-state index contributed by atoms with van der Waals surface area (Å²) in [5, 5.41) is 0. The number of amides is 1. The number of carbonyl (C=O) groups excluding carboxylic acids is 1. The molecule has 1 aromatic rings. The minimum atomic E-state index is -4.85. The highest BCUT2D eigenvalue weighted by Gasteiger charge is 2.37. The van der Waals surface area contributed by atoms with Gasteiger partial charge in [-0.1, -0.05) is 6.07 Å². The van der Waals surface area contributed by atoms with Crippen LogP contribution in [0.15, 0.2) is 18.2 Å². The molecule has 0 bridgehead atoms. The molecule has 2 rings (SSSR count). The Morgan fingerprint density at radius 3 is 2.73 bits per heavy atom. The van der Waals surface area contributed by atoms with E-state index in [9.17, 15) is 22.4 Å². The zero-order valence-corrected chi connectivity index (χ0v) is 11.9. The molecule has 22 heavy (non-hydrogen) atoms. The summed E-state index contributed by atoms with van der Waals surface area (Å²) in [5.74, 6) is -2.35. The largest absolute Gasteiger partial charge is 0.419 e. The first-order valence-electron chi connectivity index (χ1n) is 6.74. The molecule has 4 nitrogen and oxygen atoms in total. The monoisotopic (exact) mass is 320 g/mol. The summed E-state index contributed by atoms with van der Waals surface area (Å²) in [6.45, 7) is 2.20. The number of hydrogen-bond donors (Lipinski definition) is 1. The van der Waals surface area contributed by atoms with E-state index in [1.807, 2.05) is 0 Å². The summed E-state index contributed by atoms with van der Waals surface area (Å²) in [5.41, 5.74) is 3.65. The zero-order chi connectivity index (χ0) is 16.5. The van der Waals surface area contributed by atoms with Crippen LogP contribution < -0.4 is 5.73 Å². The molecule has 1 heterocycles. The fourth-order valence-electron chi connectivity index (χ4n) is 2.26. The lowest BCUT2D eigenvalue weighted by Crippen LogP contribution is -2.51. The Bertz CT molecular complexity index is 560. The van der Waals surface area contributed by atoms with E-state index in [0.717, 1.165) is 12.1 Å². The smallest absolute Gasteiger partial charge is 0.373 e. The van der Waals surface area contributed by atoms with Crippen molar-refractivity contribution in [3.8, 4) is 0 Å². The third kappa shape index (κ3) is 3.38. The van der Waals surface area contributed by atoms with Crippen molar-refractivity contribution in [2.24, 2.45) is 5.73 Å². The third-order valence-corrected chi connectivity index (χ3v) is 3.50. The predicted molar refractivity (Wildman–Crippen MR) is 70.7 cm³/mol. The maximum Gasteiger partial charge on any atom is 0.419 e. The number of nitrogens with two attached hydrogens (primary N) is 1. The Balaban J connectivity index is 2.26. The van der Waals surface area contributed by atoms with Crippen LogP contribution in [0.1, 0.15) is 22.8 Å². The summed E-state index contributed by atoms with van der Waals surface area (Å²) in [7, 11) is 0. The molecule has 0 saturated carbocycles. The van der Waals surface area contributed by atoms with Gasteiger partial charge in [0.1, 0.15) is 5.82 Å². The molecule has 0 radical (unpaired) electrons. The molecule has 2 atom stereocenters. The molecule has 122 valence electrons. The molecule has 2 N–H and O–H groups in total. The molecule has 1 aliphatic heterocycles. The fourth-order valence-corrected chi connectivity index (χ4v) is 2.26. The van der Waals surface area contributed by atoms with Gasteiger partial charge in [-0.2, -0.15) is 13.2 Å². The van der Waals surface area contributed by atoms with Crippen LogP contribution in [-0.2, 0) is 10.9 Å². The first kappa shape index (κ1) is 16.7. The molecule has 0 unspecified atom stereocenters. The first-order chi connectivity index (χ1) is 10.2. The second kappa shape index (κ2) is 6.21. The summed E-state index contributed by atoms with van der Waals surface area (Å²) in [6.07, 6.45) is -5.27. The van der Waals surface area contributed by atoms with Crippen molar-refractivity contribution >= 4 is 5.91 Å². The summed E-state index contributed by atoms with van der Waals surface area (Å²) in [4.78, 5) is 13.6. The number of halogens is 4. The van der Waals surface area contributed by atoms with Crippen LogP contribution in [-0.4, -0.2) is 42.6 Å². The van der Waals surface area contributed by atoms with E-state index in [2.05, 4.69) is 0 Å². The van der Waals surface area contributed by atoms with Crippen LogP contribution in [0.25, 0.3) is 0 Å². The molecule has 1 aliphatic rings. The number of alkyl halides is 3. The van der Waals surface area contributed by atoms with Crippen LogP contribution in [0.5, 0.6) is 0 Å². The van der Waals surface area contributed by atoms with E-state index in [1.54, 1.807) is 6.92 Å². The van der Waals surface area contributed by atoms with Crippen LogP contribution in [0, 0.1) is 5.82 Å². The lowest BCUT2D eigenvalue weighted by Gasteiger charge is -2.34. The normalized spacial score (nSPS) is 20.8. The van der Waals surface area contributed by atoms with Gasteiger partial charge < -0.3 is 15.4 Å². The standard InChI is InChI=1S/C14H16F4N2O2/c1-8(19)11-7-20(5-6-22-11)13(21)9-3-2-4-10(12(9)15)14(16,17)18/h2-4,8,11H,5-7,19H2,1H3/t8-,11+/m0/s1. The average molecular weight is 320 g/mol. The number of benzene rings is 1. The second-order valence-corrected chi connectivity index (χ2v) is 5.18. The highest BCUT2D eigenvalue weighted by Crippen LogP contribution is 2.32. The molecule has 0 aliphatic carbocycles. The maximum absolute atomic E-state index is 14.0. The van der Waals surface area contributed by atoms with Crippen LogP contribution in [0.4, 0.5) is 17.6 Å². The van der Waals surface area contributed by atoms with Gasteiger partial charge in [-0.15, -0.1) is 0 Å². The lowest BCUT2D eigenvalue weighted by molar-refractivity contribution is -0.140. The van der Waals surface area contributed by atoms with E-state index in [0.29, 0.717) is 6.07 Å². The van der Waals surface area contributed by atoms with Gasteiger partial charge in [0.2, 0.25) is 0 Å². The molecule has 1 fully saturated rings. The van der Waals surface area contributed by atoms with Gasteiger partial charge in [-0.25, -0.2) is 4.39 Å². The second-order valence-electron chi connectivity index (χ2n) is 5.18. The topological polar surface area (TPSA) is 55.6 Å². The van der Waals surface area contributed by atoms with Crippen molar-refractivity contribution in [2.45, 2.75) is 25.2 Å². The van der Waals surface area contributed by atoms with Crippen LogP contribution in [0.3, 0.4) is 0 Å². The van der Waals surface area contributed by atoms with E-state index < -0.39 is 35.1 Å². The van der Waals surface area contributed by atoms with Gasteiger partial charge in [0.05, 0.1) is 23.8 Å². The Labute approximate surface area is 124 Å². The lowest BCUT2D eigenvalue weighted by atomic mass is 10.1. The van der Waals surface area contributed by atoms with E-state index >= 15 is 0 Å². The van der Waals surface area contributed by atoms with Crippen molar-refractivity contribution < 1.29 is 27.1 Å². The third-order valence-electron chi connectivity index (χ3n) is 3.50. The van der Waals surface area contributed by atoms with Crippen molar-refractivity contribution in [1.29, 1.82) is 0 Å². The Morgan fingerprint density at radius 1 is 1.45 bits per heavy atom. The molecule has 1 saturated heterocycles. The number of morpholine rings is 1. The number of carbonyl (C=O) groups is 1. The molecule has 0 spiro atoms. The minimum Gasteiger partial charge on any atom is -0.373 e. The van der Waals surface area contributed by atoms with E-state index in [1.165, 1.54) is 4.90 Å². The highest BCUT2D eigenvalue weighted by atomic mass is 19.4.